The Morgan fingerprint density at radius 1 is 1.47 bits per heavy atom. The molecule has 1 heterocycles. The van der Waals surface area contributed by atoms with Crippen LogP contribution in [-0.4, -0.2) is 6.61 Å². The fourth-order valence-corrected chi connectivity index (χ4v) is 1.86. The SMILES string of the molecule is C=CC(C)c1cc(C)c2c(c1)C=CCO2. The zero-order chi connectivity index (χ0) is 10.8. The van der Waals surface area contributed by atoms with Gasteiger partial charge >= 0.3 is 0 Å². The summed E-state index contributed by atoms with van der Waals surface area (Å²) in [4.78, 5) is 0. The highest BCUT2D eigenvalue weighted by Gasteiger charge is 2.12. The Balaban J connectivity index is 2.51. The molecule has 0 amide bonds. The minimum absolute atomic E-state index is 0.393. The third-order valence-electron chi connectivity index (χ3n) is 2.83. The predicted molar refractivity (Wildman–Crippen MR) is 64.3 cm³/mol. The Kier molecular flexibility index (Phi) is 2.63. The number of benzene rings is 1. The molecular formula is C14H16O. The standard InChI is InChI=1S/C14H16O/c1-4-10(2)13-8-11(3)14-12(9-13)6-5-7-15-14/h4-6,8-10H,1,7H2,2-3H3. The number of allylic oxidation sites excluding steroid dienone is 1. The van der Waals surface area contributed by atoms with E-state index in [2.05, 4.69) is 38.6 Å². The van der Waals surface area contributed by atoms with E-state index in [0.29, 0.717) is 12.5 Å². The van der Waals surface area contributed by atoms with Gasteiger partial charge in [-0.05, 0) is 36.1 Å². The summed E-state index contributed by atoms with van der Waals surface area (Å²) in [6.45, 7) is 8.76. The maximum absolute atomic E-state index is 5.61. The van der Waals surface area contributed by atoms with Crippen molar-refractivity contribution in [2.24, 2.45) is 0 Å². The smallest absolute Gasteiger partial charge is 0.129 e. The normalized spacial score (nSPS) is 15.3. The van der Waals surface area contributed by atoms with Crippen molar-refractivity contribution in [3.8, 4) is 5.75 Å². The molecular weight excluding hydrogens is 184 g/mol. The van der Waals surface area contributed by atoms with Crippen molar-refractivity contribution >= 4 is 6.08 Å². The summed E-state index contributed by atoms with van der Waals surface area (Å²) < 4.78 is 5.61. The maximum Gasteiger partial charge on any atom is 0.129 e. The number of hydrogen-bond donors (Lipinski definition) is 0. The Hall–Kier alpha value is -1.50. The largest absolute Gasteiger partial charge is 0.489 e. The van der Waals surface area contributed by atoms with E-state index in [1.807, 2.05) is 12.2 Å². The Morgan fingerprint density at radius 2 is 2.27 bits per heavy atom. The quantitative estimate of drug-likeness (QED) is 0.661. The average Bonchev–Trinajstić information content (AvgIpc) is 2.28. The van der Waals surface area contributed by atoms with Gasteiger partial charge in [0.1, 0.15) is 12.4 Å². The number of hydrogen-bond acceptors (Lipinski definition) is 1. The predicted octanol–water partition coefficient (Wildman–Crippen LogP) is 3.69. The van der Waals surface area contributed by atoms with Gasteiger partial charge in [0.25, 0.3) is 0 Å². The zero-order valence-corrected chi connectivity index (χ0v) is 9.29. The number of fused-ring (bicyclic) bond motifs is 1. The molecule has 0 radical (unpaired) electrons. The summed E-state index contributed by atoms with van der Waals surface area (Å²) in [5.41, 5.74) is 3.70. The molecule has 1 aliphatic heterocycles. The lowest BCUT2D eigenvalue weighted by Crippen LogP contribution is -2.03. The molecule has 0 saturated carbocycles. The van der Waals surface area contributed by atoms with Crippen molar-refractivity contribution in [2.45, 2.75) is 19.8 Å². The number of aryl methyl sites for hydroxylation is 1. The first-order valence-corrected chi connectivity index (χ1v) is 5.29. The Labute approximate surface area is 91.1 Å². The van der Waals surface area contributed by atoms with Crippen molar-refractivity contribution < 1.29 is 4.74 Å². The summed E-state index contributed by atoms with van der Waals surface area (Å²) in [5.74, 6) is 1.42. The van der Waals surface area contributed by atoms with E-state index in [1.54, 1.807) is 0 Å². The van der Waals surface area contributed by atoms with Crippen LogP contribution in [0.1, 0.15) is 29.5 Å². The van der Waals surface area contributed by atoms with Gasteiger partial charge in [0, 0.05) is 5.56 Å². The first-order valence-electron chi connectivity index (χ1n) is 5.29. The monoisotopic (exact) mass is 200 g/mol. The first kappa shape index (κ1) is 10.0. The van der Waals surface area contributed by atoms with E-state index in [4.69, 9.17) is 4.74 Å². The number of ether oxygens (including phenoxy) is 1. The second-order valence-electron chi connectivity index (χ2n) is 3.99. The molecule has 15 heavy (non-hydrogen) atoms. The number of rotatable bonds is 2. The van der Waals surface area contributed by atoms with Crippen molar-refractivity contribution in [1.82, 2.24) is 0 Å². The van der Waals surface area contributed by atoms with Gasteiger partial charge in [0.2, 0.25) is 0 Å². The van der Waals surface area contributed by atoms with Crippen LogP contribution in [0.5, 0.6) is 5.75 Å². The molecule has 0 saturated heterocycles. The molecule has 1 aromatic carbocycles. The fraction of sp³-hybridized carbons (Fsp3) is 0.286. The van der Waals surface area contributed by atoms with Crippen molar-refractivity contribution in [1.29, 1.82) is 0 Å². The zero-order valence-electron chi connectivity index (χ0n) is 9.29. The molecule has 0 spiro atoms. The van der Waals surface area contributed by atoms with Gasteiger partial charge in [0.15, 0.2) is 0 Å². The summed E-state index contributed by atoms with van der Waals surface area (Å²) >= 11 is 0. The highest BCUT2D eigenvalue weighted by molar-refractivity contribution is 5.63. The van der Waals surface area contributed by atoms with Crippen LogP contribution in [-0.2, 0) is 0 Å². The Morgan fingerprint density at radius 3 is 3.00 bits per heavy atom. The van der Waals surface area contributed by atoms with Crippen LogP contribution in [0.15, 0.2) is 30.9 Å². The van der Waals surface area contributed by atoms with Gasteiger partial charge in [-0.25, -0.2) is 0 Å². The molecule has 0 N–H and O–H groups in total. The van der Waals surface area contributed by atoms with E-state index in [9.17, 15) is 0 Å². The molecule has 1 atom stereocenters. The van der Waals surface area contributed by atoms with Crippen LogP contribution in [0.4, 0.5) is 0 Å². The highest BCUT2D eigenvalue weighted by atomic mass is 16.5. The second-order valence-corrected chi connectivity index (χ2v) is 3.99. The molecule has 1 aliphatic rings. The molecule has 0 bridgehead atoms. The van der Waals surface area contributed by atoms with Crippen molar-refractivity contribution in [3.63, 3.8) is 0 Å². The molecule has 0 aromatic heterocycles. The van der Waals surface area contributed by atoms with Crippen molar-refractivity contribution in [3.05, 3.63) is 47.6 Å². The Bertz CT molecular complexity index is 416. The third kappa shape index (κ3) is 1.82. The van der Waals surface area contributed by atoms with Gasteiger partial charge in [-0.3, -0.25) is 0 Å². The molecule has 78 valence electrons. The van der Waals surface area contributed by atoms with Gasteiger partial charge in [-0.1, -0.05) is 25.1 Å². The van der Waals surface area contributed by atoms with E-state index < -0.39 is 0 Å². The summed E-state index contributed by atoms with van der Waals surface area (Å²) in [7, 11) is 0. The second kappa shape index (κ2) is 3.93. The summed E-state index contributed by atoms with van der Waals surface area (Å²) in [5, 5.41) is 0. The van der Waals surface area contributed by atoms with Gasteiger partial charge in [-0.15, -0.1) is 6.58 Å². The van der Waals surface area contributed by atoms with Gasteiger partial charge < -0.3 is 4.74 Å². The molecule has 1 heteroatoms. The highest BCUT2D eigenvalue weighted by Crippen LogP contribution is 2.31. The minimum atomic E-state index is 0.393. The molecule has 1 unspecified atom stereocenters. The maximum atomic E-state index is 5.61. The van der Waals surface area contributed by atoms with Gasteiger partial charge in [-0.2, -0.15) is 0 Å². The third-order valence-corrected chi connectivity index (χ3v) is 2.83. The molecule has 1 nitrogen and oxygen atoms in total. The first-order chi connectivity index (χ1) is 7.22. The lowest BCUT2D eigenvalue weighted by Gasteiger charge is -2.18. The van der Waals surface area contributed by atoms with E-state index in [0.717, 1.165) is 5.75 Å². The van der Waals surface area contributed by atoms with Crippen LogP contribution in [0, 0.1) is 6.92 Å². The lowest BCUT2D eigenvalue weighted by molar-refractivity contribution is 0.356. The van der Waals surface area contributed by atoms with Crippen LogP contribution in [0.25, 0.3) is 6.08 Å². The van der Waals surface area contributed by atoms with Crippen LogP contribution in [0.3, 0.4) is 0 Å². The van der Waals surface area contributed by atoms with E-state index in [-0.39, 0.29) is 0 Å². The summed E-state index contributed by atoms with van der Waals surface area (Å²) in [6.07, 6.45) is 6.14. The van der Waals surface area contributed by atoms with E-state index >= 15 is 0 Å². The average molecular weight is 200 g/mol. The van der Waals surface area contributed by atoms with Crippen LogP contribution < -0.4 is 4.74 Å². The molecule has 2 rings (SSSR count). The van der Waals surface area contributed by atoms with E-state index in [1.165, 1.54) is 16.7 Å². The molecule has 0 aliphatic carbocycles. The fourth-order valence-electron chi connectivity index (χ4n) is 1.86. The summed E-state index contributed by atoms with van der Waals surface area (Å²) in [6, 6.07) is 4.37. The van der Waals surface area contributed by atoms with Gasteiger partial charge in [0.05, 0.1) is 0 Å². The van der Waals surface area contributed by atoms with Crippen molar-refractivity contribution in [2.75, 3.05) is 6.61 Å². The van der Waals surface area contributed by atoms with Crippen LogP contribution >= 0.6 is 0 Å². The topological polar surface area (TPSA) is 9.23 Å². The minimum Gasteiger partial charge on any atom is -0.489 e. The molecule has 1 aromatic rings. The molecule has 0 fully saturated rings. The van der Waals surface area contributed by atoms with Crippen LogP contribution in [0.2, 0.25) is 0 Å². The lowest BCUT2D eigenvalue weighted by atomic mass is 9.95.